The Morgan fingerprint density at radius 1 is 1.42 bits per heavy atom. The van der Waals surface area contributed by atoms with E-state index in [2.05, 4.69) is 5.32 Å². The summed E-state index contributed by atoms with van der Waals surface area (Å²) in [5, 5.41) is 12.6. The van der Waals surface area contributed by atoms with Crippen LogP contribution in [0, 0.1) is 0 Å². The number of aliphatic hydroxyl groups is 1. The average molecular weight is 272 g/mol. The molecule has 6 heteroatoms. The van der Waals surface area contributed by atoms with E-state index >= 15 is 0 Å². The number of nitrogens with zero attached hydrogens (tertiary/aromatic N) is 1. The molecular formula is C13H24N2O4. The summed E-state index contributed by atoms with van der Waals surface area (Å²) in [4.78, 5) is 24.7. The molecule has 0 aliphatic carbocycles. The molecule has 1 rings (SSSR count). The van der Waals surface area contributed by atoms with Gasteiger partial charge >= 0.3 is 6.09 Å². The molecule has 0 radical (unpaired) electrons. The number of carbonyl (C=O) groups excluding carboxylic acids is 2. The lowest BCUT2D eigenvalue weighted by Gasteiger charge is -2.34. The molecule has 0 aromatic rings. The molecule has 1 fully saturated rings. The highest BCUT2D eigenvalue weighted by Gasteiger charge is 2.30. The van der Waals surface area contributed by atoms with Crippen molar-refractivity contribution in [2.45, 2.75) is 64.8 Å². The highest BCUT2D eigenvalue weighted by atomic mass is 16.6. The molecule has 2 atom stereocenters. The minimum absolute atomic E-state index is 0.0726. The van der Waals surface area contributed by atoms with Crippen molar-refractivity contribution >= 4 is 12.0 Å². The van der Waals surface area contributed by atoms with Crippen LogP contribution < -0.4 is 5.32 Å². The number of piperidine rings is 1. The van der Waals surface area contributed by atoms with Gasteiger partial charge in [0.25, 0.3) is 0 Å². The zero-order valence-electron chi connectivity index (χ0n) is 12.1. The Labute approximate surface area is 114 Å². The summed E-state index contributed by atoms with van der Waals surface area (Å²) >= 11 is 0. The fraction of sp³-hybridized carbons (Fsp3) is 0.846. The van der Waals surface area contributed by atoms with Crippen LogP contribution in [0.4, 0.5) is 4.79 Å². The Morgan fingerprint density at radius 3 is 2.58 bits per heavy atom. The van der Waals surface area contributed by atoms with Gasteiger partial charge in [-0.05, 0) is 40.5 Å². The first-order chi connectivity index (χ1) is 8.70. The van der Waals surface area contributed by atoms with Crippen molar-refractivity contribution in [1.82, 2.24) is 10.2 Å². The van der Waals surface area contributed by atoms with Gasteiger partial charge in [0.1, 0.15) is 11.8 Å². The highest BCUT2D eigenvalue weighted by Crippen LogP contribution is 2.15. The predicted octanol–water partition coefficient (Wildman–Crippen LogP) is 1.23. The van der Waals surface area contributed by atoms with E-state index in [1.165, 1.54) is 4.90 Å². The molecule has 110 valence electrons. The standard InChI is InChI=1S/C13H24N2O4/c1-9(14-12(18)19-13(2,3)4)11(17)15-8-6-5-7-10(15)16/h9,11,17H,5-8H2,1-4H3,(H,14,18). The van der Waals surface area contributed by atoms with Crippen molar-refractivity contribution < 1.29 is 19.4 Å². The van der Waals surface area contributed by atoms with E-state index < -0.39 is 24.0 Å². The lowest BCUT2D eigenvalue weighted by atomic mass is 10.1. The van der Waals surface area contributed by atoms with E-state index in [9.17, 15) is 14.7 Å². The summed E-state index contributed by atoms with van der Waals surface area (Å²) in [6, 6.07) is -0.572. The largest absolute Gasteiger partial charge is 0.444 e. The number of carbonyl (C=O) groups is 2. The van der Waals surface area contributed by atoms with Crippen molar-refractivity contribution in [1.29, 1.82) is 0 Å². The van der Waals surface area contributed by atoms with E-state index in [0.717, 1.165) is 12.8 Å². The normalized spacial score (nSPS) is 19.8. The van der Waals surface area contributed by atoms with Gasteiger partial charge < -0.3 is 20.1 Å². The monoisotopic (exact) mass is 272 g/mol. The number of amides is 2. The number of aliphatic hydroxyl groups excluding tert-OH is 1. The molecular weight excluding hydrogens is 248 g/mol. The number of rotatable bonds is 3. The van der Waals surface area contributed by atoms with Crippen LogP contribution in [0.3, 0.4) is 0 Å². The maximum atomic E-state index is 11.7. The summed E-state index contributed by atoms with van der Waals surface area (Å²) in [5.41, 5.74) is -0.588. The average Bonchev–Trinajstić information content (AvgIpc) is 2.26. The van der Waals surface area contributed by atoms with E-state index in [4.69, 9.17) is 4.74 Å². The number of likely N-dealkylation sites (tertiary alicyclic amines) is 1. The summed E-state index contributed by atoms with van der Waals surface area (Å²) in [6.07, 6.45) is 0.581. The quantitative estimate of drug-likeness (QED) is 0.810. The number of hydrogen-bond donors (Lipinski definition) is 2. The number of alkyl carbamates (subject to hydrolysis) is 1. The molecule has 6 nitrogen and oxygen atoms in total. The molecule has 0 aromatic heterocycles. The first kappa shape index (κ1) is 15.8. The number of nitrogens with one attached hydrogen (secondary N) is 1. The summed E-state index contributed by atoms with van der Waals surface area (Å²) in [5.74, 6) is -0.0726. The first-order valence-corrected chi connectivity index (χ1v) is 6.68. The summed E-state index contributed by atoms with van der Waals surface area (Å²) < 4.78 is 5.11. The van der Waals surface area contributed by atoms with Crippen LogP contribution in [0.1, 0.15) is 47.0 Å². The lowest BCUT2D eigenvalue weighted by molar-refractivity contribution is -0.146. The number of ether oxygens (including phenoxy) is 1. The van der Waals surface area contributed by atoms with Crippen molar-refractivity contribution in [2.24, 2.45) is 0 Å². The molecule has 2 amide bonds. The van der Waals surface area contributed by atoms with Gasteiger partial charge in [0, 0.05) is 13.0 Å². The van der Waals surface area contributed by atoms with Crippen molar-refractivity contribution in [3.8, 4) is 0 Å². The van der Waals surface area contributed by atoms with Crippen molar-refractivity contribution in [2.75, 3.05) is 6.54 Å². The van der Waals surface area contributed by atoms with Crippen molar-refractivity contribution in [3.05, 3.63) is 0 Å². The van der Waals surface area contributed by atoms with Crippen LogP contribution >= 0.6 is 0 Å². The van der Waals surface area contributed by atoms with Gasteiger partial charge in [-0.25, -0.2) is 4.79 Å². The third-order valence-electron chi connectivity index (χ3n) is 2.87. The maximum Gasteiger partial charge on any atom is 0.408 e. The second kappa shape index (κ2) is 6.23. The Balaban J connectivity index is 2.50. The van der Waals surface area contributed by atoms with Gasteiger partial charge in [0.15, 0.2) is 0 Å². The van der Waals surface area contributed by atoms with Gasteiger partial charge in [0.2, 0.25) is 5.91 Å². The summed E-state index contributed by atoms with van der Waals surface area (Å²) in [6.45, 7) is 7.47. The van der Waals surface area contributed by atoms with Gasteiger partial charge in [-0.3, -0.25) is 4.79 Å². The maximum absolute atomic E-state index is 11.7. The Morgan fingerprint density at radius 2 is 2.05 bits per heavy atom. The van der Waals surface area contributed by atoms with Crippen LogP contribution in [-0.2, 0) is 9.53 Å². The van der Waals surface area contributed by atoms with Crippen LogP contribution in [0.5, 0.6) is 0 Å². The van der Waals surface area contributed by atoms with Gasteiger partial charge in [-0.1, -0.05) is 0 Å². The molecule has 19 heavy (non-hydrogen) atoms. The zero-order chi connectivity index (χ0) is 14.6. The Hall–Kier alpha value is -1.30. The topological polar surface area (TPSA) is 78.9 Å². The molecule has 0 bridgehead atoms. The molecule has 0 spiro atoms. The second-order valence-electron chi connectivity index (χ2n) is 5.89. The minimum atomic E-state index is -1.01. The molecule has 0 aromatic carbocycles. The fourth-order valence-electron chi connectivity index (χ4n) is 1.94. The minimum Gasteiger partial charge on any atom is -0.444 e. The third kappa shape index (κ3) is 5.06. The van der Waals surface area contributed by atoms with Crippen LogP contribution in [0.25, 0.3) is 0 Å². The van der Waals surface area contributed by atoms with E-state index in [-0.39, 0.29) is 5.91 Å². The first-order valence-electron chi connectivity index (χ1n) is 6.68. The SMILES string of the molecule is CC(NC(=O)OC(C)(C)C)C(O)N1CCCCC1=O. The molecule has 2 unspecified atom stereocenters. The molecule has 2 N–H and O–H groups in total. The summed E-state index contributed by atoms with van der Waals surface area (Å²) in [7, 11) is 0. The molecule has 1 heterocycles. The fourth-order valence-corrected chi connectivity index (χ4v) is 1.94. The molecule has 1 aliphatic rings. The van der Waals surface area contributed by atoms with Crippen LogP contribution in [0.15, 0.2) is 0 Å². The molecule has 0 saturated carbocycles. The molecule has 1 aliphatic heterocycles. The molecule has 1 saturated heterocycles. The van der Waals surface area contributed by atoms with Crippen LogP contribution in [-0.4, -0.2) is 46.4 Å². The second-order valence-corrected chi connectivity index (χ2v) is 5.89. The number of hydrogen-bond acceptors (Lipinski definition) is 4. The van der Waals surface area contributed by atoms with E-state index in [1.807, 2.05) is 0 Å². The van der Waals surface area contributed by atoms with Gasteiger partial charge in [0.05, 0.1) is 6.04 Å². The Bertz CT molecular complexity index is 338. The van der Waals surface area contributed by atoms with Gasteiger partial charge in [-0.2, -0.15) is 0 Å². The van der Waals surface area contributed by atoms with E-state index in [0.29, 0.717) is 13.0 Å². The Kier molecular flexibility index (Phi) is 5.17. The van der Waals surface area contributed by atoms with Gasteiger partial charge in [-0.15, -0.1) is 0 Å². The third-order valence-corrected chi connectivity index (χ3v) is 2.87. The zero-order valence-corrected chi connectivity index (χ0v) is 12.1. The van der Waals surface area contributed by atoms with E-state index in [1.54, 1.807) is 27.7 Å². The predicted molar refractivity (Wildman–Crippen MR) is 70.4 cm³/mol. The highest BCUT2D eigenvalue weighted by molar-refractivity contribution is 5.77. The van der Waals surface area contributed by atoms with Crippen molar-refractivity contribution in [3.63, 3.8) is 0 Å². The van der Waals surface area contributed by atoms with Crippen LogP contribution in [0.2, 0.25) is 0 Å². The lowest BCUT2D eigenvalue weighted by Crippen LogP contribution is -2.54. The smallest absolute Gasteiger partial charge is 0.408 e.